The van der Waals surface area contributed by atoms with Gasteiger partial charge in [-0.15, -0.1) is 0 Å². The van der Waals surface area contributed by atoms with E-state index >= 15 is 0 Å². The summed E-state index contributed by atoms with van der Waals surface area (Å²) in [5.41, 5.74) is -1.18. The summed E-state index contributed by atoms with van der Waals surface area (Å²) in [6.45, 7) is 0. The maximum atomic E-state index is 12.9. The molecule has 120 valence electrons. The van der Waals surface area contributed by atoms with Crippen LogP contribution in [0, 0.1) is 0 Å². The third-order valence-electron chi connectivity index (χ3n) is 4.28. The van der Waals surface area contributed by atoms with Gasteiger partial charge in [0.25, 0.3) is 0 Å². The number of aliphatic hydroxyl groups excluding tert-OH is 1. The molecule has 0 aliphatic heterocycles. The van der Waals surface area contributed by atoms with Crippen LogP contribution in [0.4, 0.5) is 13.2 Å². The summed E-state index contributed by atoms with van der Waals surface area (Å²) in [6, 6.07) is 9.78. The van der Waals surface area contributed by atoms with Crippen LogP contribution < -0.4 is 0 Å². The topological polar surface area (TPSA) is 50.2 Å². The van der Waals surface area contributed by atoms with Gasteiger partial charge in [-0.05, 0) is 23.8 Å². The SMILES string of the molecule is O=C1CC(c2cccc(C(F)(F)F)c2)(C(O)c2ccccn2)C1. The summed E-state index contributed by atoms with van der Waals surface area (Å²) in [6.07, 6.45) is -4.09. The highest BCUT2D eigenvalue weighted by atomic mass is 19.4. The van der Waals surface area contributed by atoms with Crippen LogP contribution in [0.25, 0.3) is 0 Å². The van der Waals surface area contributed by atoms with Crippen LogP contribution in [-0.2, 0) is 16.4 Å². The first-order chi connectivity index (χ1) is 10.8. The number of hydrogen-bond donors (Lipinski definition) is 1. The maximum absolute atomic E-state index is 12.9. The number of aliphatic hydroxyl groups is 1. The highest BCUT2D eigenvalue weighted by Crippen LogP contribution is 2.50. The number of pyridine rings is 1. The van der Waals surface area contributed by atoms with Crippen molar-refractivity contribution in [3.8, 4) is 0 Å². The van der Waals surface area contributed by atoms with Crippen LogP contribution in [-0.4, -0.2) is 15.9 Å². The number of halogens is 3. The monoisotopic (exact) mass is 321 g/mol. The maximum Gasteiger partial charge on any atom is 0.416 e. The van der Waals surface area contributed by atoms with E-state index in [9.17, 15) is 23.1 Å². The molecule has 1 aromatic heterocycles. The lowest BCUT2D eigenvalue weighted by molar-refractivity contribution is -0.137. The van der Waals surface area contributed by atoms with Gasteiger partial charge in [-0.25, -0.2) is 0 Å². The summed E-state index contributed by atoms with van der Waals surface area (Å²) in [4.78, 5) is 15.6. The van der Waals surface area contributed by atoms with Crippen LogP contribution in [0.1, 0.15) is 35.8 Å². The second kappa shape index (κ2) is 5.45. The fraction of sp³-hybridized carbons (Fsp3) is 0.294. The first-order valence-electron chi connectivity index (χ1n) is 7.11. The van der Waals surface area contributed by atoms with E-state index < -0.39 is 23.3 Å². The minimum Gasteiger partial charge on any atom is -0.386 e. The Morgan fingerprint density at radius 1 is 1.13 bits per heavy atom. The van der Waals surface area contributed by atoms with E-state index in [2.05, 4.69) is 4.98 Å². The number of Topliss-reactive ketones (excluding diaryl/α,β-unsaturated/α-hetero) is 1. The number of rotatable bonds is 3. The van der Waals surface area contributed by atoms with E-state index in [0.29, 0.717) is 11.3 Å². The van der Waals surface area contributed by atoms with Gasteiger partial charge in [0.1, 0.15) is 11.9 Å². The second-order valence-electron chi connectivity index (χ2n) is 5.78. The molecule has 3 rings (SSSR count). The van der Waals surface area contributed by atoms with Crippen molar-refractivity contribution < 1.29 is 23.1 Å². The van der Waals surface area contributed by atoms with Gasteiger partial charge in [-0.1, -0.05) is 24.3 Å². The Morgan fingerprint density at radius 3 is 2.43 bits per heavy atom. The molecule has 0 spiro atoms. The predicted octanol–water partition coefficient (Wildman–Crippen LogP) is 3.43. The van der Waals surface area contributed by atoms with Crippen molar-refractivity contribution in [1.29, 1.82) is 0 Å². The molecule has 1 saturated carbocycles. The summed E-state index contributed by atoms with van der Waals surface area (Å²) in [5, 5.41) is 10.7. The predicted molar refractivity (Wildman–Crippen MR) is 76.6 cm³/mol. The zero-order valence-corrected chi connectivity index (χ0v) is 12.0. The van der Waals surface area contributed by atoms with Crippen LogP contribution >= 0.6 is 0 Å². The summed E-state index contributed by atoms with van der Waals surface area (Å²) < 4.78 is 38.8. The van der Waals surface area contributed by atoms with Crippen LogP contribution in [0.15, 0.2) is 48.7 Å². The van der Waals surface area contributed by atoms with Crippen molar-refractivity contribution in [3.05, 3.63) is 65.5 Å². The molecule has 1 N–H and O–H groups in total. The molecule has 0 amide bonds. The molecule has 0 bridgehead atoms. The minimum absolute atomic E-state index is 0.00600. The average molecular weight is 321 g/mol. The van der Waals surface area contributed by atoms with Crippen LogP contribution in [0.5, 0.6) is 0 Å². The molecule has 3 nitrogen and oxygen atoms in total. The van der Waals surface area contributed by atoms with E-state index in [4.69, 9.17) is 0 Å². The van der Waals surface area contributed by atoms with Crippen LogP contribution in [0.2, 0.25) is 0 Å². The molecule has 1 unspecified atom stereocenters. The molecule has 23 heavy (non-hydrogen) atoms. The molecule has 0 radical (unpaired) electrons. The Bertz CT molecular complexity index is 720. The van der Waals surface area contributed by atoms with E-state index in [-0.39, 0.29) is 18.6 Å². The Labute approximate surface area is 130 Å². The first kappa shape index (κ1) is 15.7. The van der Waals surface area contributed by atoms with Crippen molar-refractivity contribution in [2.24, 2.45) is 0 Å². The molecule has 1 aromatic carbocycles. The van der Waals surface area contributed by atoms with Crippen molar-refractivity contribution >= 4 is 5.78 Å². The largest absolute Gasteiger partial charge is 0.416 e. The van der Waals surface area contributed by atoms with Crippen molar-refractivity contribution in [1.82, 2.24) is 4.98 Å². The van der Waals surface area contributed by atoms with Crippen molar-refractivity contribution in [3.63, 3.8) is 0 Å². The average Bonchev–Trinajstić information content (AvgIpc) is 2.51. The zero-order valence-electron chi connectivity index (χ0n) is 12.0. The van der Waals surface area contributed by atoms with Crippen molar-refractivity contribution in [2.75, 3.05) is 0 Å². The van der Waals surface area contributed by atoms with E-state index in [1.807, 2.05) is 0 Å². The molecular formula is C17H14F3NO2. The van der Waals surface area contributed by atoms with Gasteiger partial charge < -0.3 is 5.11 Å². The number of benzene rings is 1. The highest BCUT2D eigenvalue weighted by molar-refractivity contribution is 5.89. The number of ketones is 1. The normalized spacial score (nSPS) is 18.3. The number of alkyl halides is 3. The Hall–Kier alpha value is -2.21. The van der Waals surface area contributed by atoms with E-state index in [1.54, 1.807) is 18.2 Å². The number of nitrogens with zero attached hydrogens (tertiary/aromatic N) is 1. The molecule has 1 atom stereocenters. The molecule has 1 fully saturated rings. The first-order valence-corrected chi connectivity index (χ1v) is 7.11. The van der Waals surface area contributed by atoms with Gasteiger partial charge >= 0.3 is 6.18 Å². The molecular weight excluding hydrogens is 307 g/mol. The third-order valence-corrected chi connectivity index (χ3v) is 4.28. The van der Waals surface area contributed by atoms with E-state index in [1.165, 1.54) is 18.3 Å². The minimum atomic E-state index is -4.47. The summed E-state index contributed by atoms with van der Waals surface area (Å²) in [7, 11) is 0. The number of carbonyl (C=O) groups excluding carboxylic acids is 1. The third kappa shape index (κ3) is 2.74. The highest BCUT2D eigenvalue weighted by Gasteiger charge is 2.51. The quantitative estimate of drug-likeness (QED) is 0.942. The smallest absolute Gasteiger partial charge is 0.386 e. The van der Waals surface area contributed by atoms with Gasteiger partial charge in [0.15, 0.2) is 0 Å². The van der Waals surface area contributed by atoms with Gasteiger partial charge in [-0.2, -0.15) is 13.2 Å². The molecule has 1 heterocycles. The number of hydrogen-bond acceptors (Lipinski definition) is 3. The van der Waals surface area contributed by atoms with Gasteiger partial charge in [0.05, 0.1) is 11.3 Å². The number of carbonyl (C=O) groups is 1. The van der Waals surface area contributed by atoms with Crippen molar-refractivity contribution in [2.45, 2.75) is 30.5 Å². The molecule has 6 heteroatoms. The lowest BCUT2D eigenvalue weighted by Gasteiger charge is -2.44. The lowest BCUT2D eigenvalue weighted by Crippen LogP contribution is -2.47. The Balaban J connectivity index is 2.04. The fourth-order valence-electron chi connectivity index (χ4n) is 3.03. The van der Waals surface area contributed by atoms with Crippen LogP contribution in [0.3, 0.4) is 0 Å². The summed E-state index contributed by atoms with van der Waals surface area (Å²) >= 11 is 0. The Kier molecular flexibility index (Phi) is 3.72. The van der Waals surface area contributed by atoms with Gasteiger partial charge in [-0.3, -0.25) is 9.78 Å². The Morgan fingerprint density at radius 2 is 1.87 bits per heavy atom. The van der Waals surface area contributed by atoms with Gasteiger partial charge in [0.2, 0.25) is 0 Å². The fourth-order valence-corrected chi connectivity index (χ4v) is 3.03. The molecule has 0 saturated heterocycles. The number of aromatic nitrogens is 1. The van der Waals surface area contributed by atoms with E-state index in [0.717, 1.165) is 12.1 Å². The second-order valence-corrected chi connectivity index (χ2v) is 5.78. The standard InChI is InChI=1S/C17H14F3NO2/c18-17(19,20)12-5-3-4-11(8-12)16(9-13(22)10-16)15(23)14-6-1-2-7-21-14/h1-8,15,23H,9-10H2. The molecule has 1 aliphatic carbocycles. The summed E-state index contributed by atoms with van der Waals surface area (Å²) in [5.74, 6) is -0.0857. The lowest BCUT2D eigenvalue weighted by atomic mass is 9.59. The van der Waals surface area contributed by atoms with Gasteiger partial charge in [0, 0.05) is 24.5 Å². The molecule has 1 aliphatic rings. The zero-order chi connectivity index (χ0) is 16.7. The molecule has 2 aromatic rings.